The molecule has 2 aromatic rings. The van der Waals surface area contributed by atoms with Crippen molar-refractivity contribution in [3.8, 4) is 0 Å². The van der Waals surface area contributed by atoms with Gasteiger partial charge in [0.15, 0.2) is 0 Å². The Balaban J connectivity index is 1.95. The van der Waals surface area contributed by atoms with Crippen LogP contribution >= 0.6 is 0 Å². The van der Waals surface area contributed by atoms with Gasteiger partial charge in [0.25, 0.3) is 0 Å². The Hall–Kier alpha value is -2.75. The number of aryl methyl sites for hydroxylation is 1. The molecule has 1 aliphatic carbocycles. The van der Waals surface area contributed by atoms with Crippen molar-refractivity contribution in [2.45, 2.75) is 20.8 Å². The van der Waals surface area contributed by atoms with Gasteiger partial charge in [0.1, 0.15) is 5.69 Å². The summed E-state index contributed by atoms with van der Waals surface area (Å²) in [5.74, 6) is -0.0652. The second kappa shape index (κ2) is 6.79. The number of anilines is 1. The molecule has 1 aliphatic rings. The zero-order valence-electron chi connectivity index (χ0n) is 14.3. The number of hydrogen-bond donors (Lipinski definition) is 0. The minimum atomic E-state index is -0.0652. The van der Waals surface area contributed by atoms with Crippen molar-refractivity contribution in [1.82, 2.24) is 4.98 Å². The molecular weight excluding hydrogens is 298 g/mol. The maximum Gasteiger partial charge on any atom is 0.204 e. The highest BCUT2D eigenvalue weighted by Gasteiger charge is 2.19. The summed E-state index contributed by atoms with van der Waals surface area (Å²) in [5.41, 5.74) is 4.94. The first kappa shape index (κ1) is 16.1. The van der Waals surface area contributed by atoms with Crippen LogP contribution in [0.1, 0.15) is 35.6 Å². The van der Waals surface area contributed by atoms with Gasteiger partial charge in [-0.2, -0.15) is 0 Å². The number of allylic oxidation sites excluding steroid dienone is 2. The molecule has 0 fully saturated rings. The fraction of sp³-hybridized carbons (Fsp3) is 0.250. The van der Waals surface area contributed by atoms with E-state index in [4.69, 9.17) is 4.99 Å². The largest absolute Gasteiger partial charge is 0.372 e. The smallest absolute Gasteiger partial charge is 0.204 e. The summed E-state index contributed by atoms with van der Waals surface area (Å²) in [5, 5.41) is 0. The van der Waals surface area contributed by atoms with Gasteiger partial charge in [0, 0.05) is 30.0 Å². The molecule has 24 heavy (non-hydrogen) atoms. The summed E-state index contributed by atoms with van der Waals surface area (Å²) < 4.78 is 0. The second-order valence-corrected chi connectivity index (χ2v) is 5.73. The molecule has 0 N–H and O–H groups in total. The van der Waals surface area contributed by atoms with Crippen molar-refractivity contribution in [2.24, 2.45) is 4.99 Å². The highest BCUT2D eigenvalue weighted by atomic mass is 16.1. The highest BCUT2D eigenvalue weighted by Crippen LogP contribution is 2.23. The molecule has 0 bridgehead atoms. The van der Waals surface area contributed by atoms with Gasteiger partial charge in [0.05, 0.1) is 11.4 Å². The molecule has 0 atom stereocenters. The van der Waals surface area contributed by atoms with Gasteiger partial charge in [-0.3, -0.25) is 4.79 Å². The molecule has 1 aromatic heterocycles. The Morgan fingerprint density at radius 1 is 1.00 bits per heavy atom. The predicted octanol–water partition coefficient (Wildman–Crippen LogP) is 4.11. The molecule has 0 saturated heterocycles. The SMILES string of the molecule is CCN(CC)c1ccc(N=C2C=CC(=O)c3nc(C)ccc32)cc1. The van der Waals surface area contributed by atoms with Gasteiger partial charge < -0.3 is 4.90 Å². The predicted molar refractivity (Wildman–Crippen MR) is 98.6 cm³/mol. The molecule has 0 radical (unpaired) electrons. The van der Waals surface area contributed by atoms with Crippen molar-refractivity contribution < 1.29 is 4.79 Å². The van der Waals surface area contributed by atoms with Crippen LogP contribution in [0.4, 0.5) is 11.4 Å². The maximum absolute atomic E-state index is 12.0. The molecule has 4 heteroatoms. The first-order chi connectivity index (χ1) is 11.6. The molecule has 0 unspecified atom stereocenters. The summed E-state index contributed by atoms with van der Waals surface area (Å²) in [4.78, 5) is 23.4. The normalized spacial score (nSPS) is 14.8. The van der Waals surface area contributed by atoms with E-state index in [0.29, 0.717) is 5.69 Å². The zero-order chi connectivity index (χ0) is 17.1. The summed E-state index contributed by atoms with van der Waals surface area (Å²) in [6, 6.07) is 12.0. The van der Waals surface area contributed by atoms with Crippen LogP contribution in [0.15, 0.2) is 53.5 Å². The lowest BCUT2D eigenvalue weighted by molar-refractivity contribution is 0.104. The number of rotatable bonds is 4. The lowest BCUT2D eigenvalue weighted by atomic mass is 9.98. The third-order valence-corrected chi connectivity index (χ3v) is 4.16. The molecule has 1 aromatic carbocycles. The third-order valence-electron chi connectivity index (χ3n) is 4.16. The van der Waals surface area contributed by atoms with Gasteiger partial charge in [-0.05, 0) is 69.3 Å². The average Bonchev–Trinajstić information content (AvgIpc) is 2.60. The number of carbonyl (C=O) groups is 1. The van der Waals surface area contributed by atoms with Crippen molar-refractivity contribution in [3.05, 3.63) is 65.5 Å². The van der Waals surface area contributed by atoms with Crippen LogP contribution in [-0.4, -0.2) is 29.6 Å². The number of aliphatic imine (C=N–C) groups is 1. The number of ketones is 1. The van der Waals surface area contributed by atoms with Crippen LogP contribution in [0.2, 0.25) is 0 Å². The molecule has 0 aliphatic heterocycles. The molecular formula is C20H21N3O. The molecule has 4 nitrogen and oxygen atoms in total. The van der Waals surface area contributed by atoms with Crippen LogP contribution in [0.25, 0.3) is 0 Å². The fourth-order valence-electron chi connectivity index (χ4n) is 2.84. The number of fused-ring (bicyclic) bond motifs is 1. The van der Waals surface area contributed by atoms with E-state index in [1.165, 1.54) is 11.8 Å². The van der Waals surface area contributed by atoms with Crippen molar-refractivity contribution >= 4 is 22.9 Å². The summed E-state index contributed by atoms with van der Waals surface area (Å²) in [6.45, 7) is 8.14. The average molecular weight is 319 g/mol. The minimum Gasteiger partial charge on any atom is -0.372 e. The van der Waals surface area contributed by atoms with Crippen LogP contribution in [0.3, 0.4) is 0 Å². The Kier molecular flexibility index (Phi) is 4.56. The number of carbonyl (C=O) groups excluding carboxylic acids is 1. The van der Waals surface area contributed by atoms with E-state index in [2.05, 4.69) is 35.9 Å². The lowest BCUT2D eigenvalue weighted by Crippen LogP contribution is -2.21. The van der Waals surface area contributed by atoms with Gasteiger partial charge in [-0.15, -0.1) is 0 Å². The van der Waals surface area contributed by atoms with Crippen LogP contribution in [-0.2, 0) is 0 Å². The van der Waals surface area contributed by atoms with Crippen molar-refractivity contribution in [1.29, 1.82) is 0 Å². The van der Waals surface area contributed by atoms with Crippen LogP contribution in [0.5, 0.6) is 0 Å². The number of hydrogen-bond acceptors (Lipinski definition) is 4. The van der Waals surface area contributed by atoms with E-state index in [-0.39, 0.29) is 5.78 Å². The molecule has 0 saturated carbocycles. The summed E-state index contributed by atoms with van der Waals surface area (Å²) >= 11 is 0. The summed E-state index contributed by atoms with van der Waals surface area (Å²) in [6.07, 6.45) is 3.30. The molecule has 3 rings (SSSR count). The Morgan fingerprint density at radius 2 is 1.71 bits per heavy atom. The molecule has 122 valence electrons. The van der Waals surface area contributed by atoms with E-state index < -0.39 is 0 Å². The second-order valence-electron chi connectivity index (χ2n) is 5.73. The van der Waals surface area contributed by atoms with Gasteiger partial charge in [0.2, 0.25) is 5.78 Å². The highest BCUT2D eigenvalue weighted by molar-refractivity contribution is 6.23. The van der Waals surface area contributed by atoms with E-state index in [1.54, 1.807) is 6.08 Å². The number of aromatic nitrogens is 1. The number of pyridine rings is 1. The first-order valence-corrected chi connectivity index (χ1v) is 8.26. The van der Waals surface area contributed by atoms with E-state index in [1.807, 2.05) is 31.2 Å². The molecule has 0 spiro atoms. The maximum atomic E-state index is 12.0. The Morgan fingerprint density at radius 3 is 2.38 bits per heavy atom. The van der Waals surface area contributed by atoms with E-state index >= 15 is 0 Å². The summed E-state index contributed by atoms with van der Waals surface area (Å²) in [7, 11) is 0. The zero-order valence-corrected chi connectivity index (χ0v) is 14.3. The van der Waals surface area contributed by atoms with Crippen LogP contribution in [0, 0.1) is 6.92 Å². The molecule has 0 amide bonds. The van der Waals surface area contributed by atoms with Gasteiger partial charge in [-0.1, -0.05) is 0 Å². The first-order valence-electron chi connectivity index (χ1n) is 8.26. The Labute approximate surface area is 142 Å². The Bertz CT molecular complexity index is 815. The quantitative estimate of drug-likeness (QED) is 0.852. The number of nitrogens with zero attached hydrogens (tertiary/aromatic N) is 3. The van der Waals surface area contributed by atoms with Gasteiger partial charge in [-0.25, -0.2) is 9.98 Å². The fourth-order valence-corrected chi connectivity index (χ4v) is 2.84. The van der Waals surface area contributed by atoms with Crippen molar-refractivity contribution in [2.75, 3.05) is 18.0 Å². The minimum absolute atomic E-state index is 0.0652. The molecule has 1 heterocycles. The van der Waals surface area contributed by atoms with Crippen LogP contribution < -0.4 is 4.90 Å². The standard InChI is InChI=1S/C20H21N3O/c1-4-23(5-2)16-9-7-15(8-10-16)22-18-12-13-19(24)20-17(18)11-6-14(3)21-20/h6-13H,4-5H2,1-3H3. The van der Waals surface area contributed by atoms with Crippen molar-refractivity contribution in [3.63, 3.8) is 0 Å². The monoisotopic (exact) mass is 319 g/mol. The number of benzene rings is 1. The topological polar surface area (TPSA) is 45.6 Å². The van der Waals surface area contributed by atoms with Gasteiger partial charge >= 0.3 is 0 Å². The van der Waals surface area contributed by atoms with E-state index in [9.17, 15) is 4.79 Å². The third kappa shape index (κ3) is 3.13. The van der Waals surface area contributed by atoms with E-state index in [0.717, 1.165) is 35.7 Å². The lowest BCUT2D eigenvalue weighted by Gasteiger charge is -2.20.